The number of nitrogens with one attached hydrogen (secondary N) is 2. The molecule has 0 bridgehead atoms. The Labute approximate surface area is 139 Å². The van der Waals surface area contributed by atoms with Crippen molar-refractivity contribution in [2.75, 3.05) is 12.4 Å². The minimum Gasteiger partial charge on any atom is -0.496 e. The molecule has 3 rings (SSSR count). The molecule has 1 aromatic heterocycles. The quantitative estimate of drug-likeness (QED) is 0.757. The van der Waals surface area contributed by atoms with Crippen molar-refractivity contribution in [2.24, 2.45) is 0 Å². The number of amides is 1. The fourth-order valence-corrected chi connectivity index (χ4v) is 2.35. The summed E-state index contributed by atoms with van der Waals surface area (Å²) in [5.74, 6) is 1.35. The number of aromatic nitrogens is 3. The van der Waals surface area contributed by atoms with Crippen LogP contribution in [0.5, 0.6) is 5.75 Å². The number of para-hydroxylation sites is 1. The zero-order valence-electron chi connectivity index (χ0n) is 13.5. The van der Waals surface area contributed by atoms with Gasteiger partial charge in [0.25, 0.3) is 0 Å². The predicted molar refractivity (Wildman–Crippen MR) is 91.9 cm³/mol. The molecule has 1 heterocycles. The summed E-state index contributed by atoms with van der Waals surface area (Å²) in [5, 5.41) is 9.57. The fraction of sp³-hybridized carbons (Fsp3) is 0.167. The van der Waals surface area contributed by atoms with Crippen molar-refractivity contribution in [1.82, 2.24) is 15.2 Å². The first-order valence-corrected chi connectivity index (χ1v) is 7.57. The molecule has 0 saturated carbocycles. The van der Waals surface area contributed by atoms with Gasteiger partial charge in [-0.1, -0.05) is 48.0 Å². The van der Waals surface area contributed by atoms with Gasteiger partial charge in [0, 0.05) is 11.1 Å². The molecular weight excluding hydrogens is 304 g/mol. The summed E-state index contributed by atoms with van der Waals surface area (Å²) in [6, 6.07) is 15.3. The summed E-state index contributed by atoms with van der Waals surface area (Å²) in [6.45, 7) is 2.02. The molecule has 3 aromatic rings. The standard InChI is InChI=1S/C18H18N4O2/c1-12-7-9-13(10-8-12)17-20-18(22-21-17)19-16(23)11-14-5-3-4-6-15(14)24-2/h3-10H,11H2,1-2H3,(H2,19,20,21,22,23). The van der Waals surface area contributed by atoms with Crippen LogP contribution < -0.4 is 10.1 Å². The minimum absolute atomic E-state index is 0.193. The molecule has 6 nitrogen and oxygen atoms in total. The van der Waals surface area contributed by atoms with Crippen molar-refractivity contribution >= 4 is 11.9 Å². The SMILES string of the molecule is COc1ccccc1CC(=O)Nc1n[nH]c(-c2ccc(C)cc2)n1. The van der Waals surface area contributed by atoms with Gasteiger partial charge in [-0.05, 0) is 13.0 Å². The highest BCUT2D eigenvalue weighted by atomic mass is 16.5. The molecule has 122 valence electrons. The number of hydrogen-bond acceptors (Lipinski definition) is 4. The maximum absolute atomic E-state index is 12.2. The third-order valence-electron chi connectivity index (χ3n) is 3.61. The van der Waals surface area contributed by atoms with Crippen LogP contribution >= 0.6 is 0 Å². The van der Waals surface area contributed by atoms with Crippen molar-refractivity contribution in [3.63, 3.8) is 0 Å². The number of carbonyl (C=O) groups is 1. The number of aryl methyl sites for hydroxylation is 1. The van der Waals surface area contributed by atoms with Crippen LogP contribution in [0.2, 0.25) is 0 Å². The highest BCUT2D eigenvalue weighted by Crippen LogP contribution is 2.19. The molecule has 1 amide bonds. The lowest BCUT2D eigenvalue weighted by Crippen LogP contribution is -2.15. The monoisotopic (exact) mass is 322 g/mol. The summed E-state index contributed by atoms with van der Waals surface area (Å²) in [4.78, 5) is 16.5. The second kappa shape index (κ2) is 6.95. The van der Waals surface area contributed by atoms with Gasteiger partial charge in [-0.15, -0.1) is 5.10 Å². The van der Waals surface area contributed by atoms with Crippen LogP contribution in [0.1, 0.15) is 11.1 Å². The number of benzene rings is 2. The predicted octanol–water partition coefficient (Wildman–Crippen LogP) is 2.97. The van der Waals surface area contributed by atoms with Gasteiger partial charge in [0.15, 0.2) is 5.82 Å². The normalized spacial score (nSPS) is 10.4. The number of carbonyl (C=O) groups excluding carboxylic acids is 1. The molecule has 0 fully saturated rings. The summed E-state index contributed by atoms with van der Waals surface area (Å²) in [6.07, 6.45) is 0.193. The van der Waals surface area contributed by atoms with Crippen LogP contribution in [0.4, 0.5) is 5.95 Å². The van der Waals surface area contributed by atoms with Crippen LogP contribution in [-0.2, 0) is 11.2 Å². The number of rotatable bonds is 5. The number of anilines is 1. The largest absolute Gasteiger partial charge is 0.496 e. The van der Waals surface area contributed by atoms with E-state index in [2.05, 4.69) is 20.5 Å². The minimum atomic E-state index is -0.200. The molecule has 6 heteroatoms. The molecule has 0 radical (unpaired) electrons. The summed E-state index contributed by atoms with van der Waals surface area (Å²) >= 11 is 0. The third-order valence-corrected chi connectivity index (χ3v) is 3.61. The van der Waals surface area contributed by atoms with E-state index in [4.69, 9.17) is 4.74 Å². The lowest BCUT2D eigenvalue weighted by Gasteiger charge is -2.07. The molecule has 0 atom stereocenters. The highest BCUT2D eigenvalue weighted by molar-refractivity contribution is 5.91. The van der Waals surface area contributed by atoms with Crippen LogP contribution in [0, 0.1) is 6.92 Å². The summed E-state index contributed by atoms with van der Waals surface area (Å²) < 4.78 is 5.25. The zero-order valence-corrected chi connectivity index (χ0v) is 13.5. The van der Waals surface area contributed by atoms with Crippen molar-refractivity contribution in [3.05, 3.63) is 59.7 Å². The van der Waals surface area contributed by atoms with E-state index in [9.17, 15) is 4.79 Å². The van der Waals surface area contributed by atoms with Crippen molar-refractivity contribution in [1.29, 1.82) is 0 Å². The molecule has 0 aliphatic carbocycles. The molecule has 2 N–H and O–H groups in total. The Balaban J connectivity index is 1.68. The van der Waals surface area contributed by atoms with Crippen molar-refractivity contribution in [3.8, 4) is 17.1 Å². The van der Waals surface area contributed by atoms with E-state index < -0.39 is 0 Å². The average Bonchev–Trinajstić information content (AvgIpc) is 3.04. The van der Waals surface area contributed by atoms with Gasteiger partial charge in [0.1, 0.15) is 5.75 Å². The van der Waals surface area contributed by atoms with E-state index in [-0.39, 0.29) is 18.3 Å². The van der Waals surface area contributed by atoms with E-state index in [1.807, 2.05) is 55.5 Å². The maximum atomic E-state index is 12.2. The molecule has 0 aliphatic rings. The van der Waals surface area contributed by atoms with Gasteiger partial charge in [-0.3, -0.25) is 15.2 Å². The van der Waals surface area contributed by atoms with Gasteiger partial charge in [-0.25, -0.2) is 0 Å². The Morgan fingerprint density at radius 1 is 1.17 bits per heavy atom. The summed E-state index contributed by atoms with van der Waals surface area (Å²) in [7, 11) is 1.58. The first kappa shape index (κ1) is 15.7. The molecular formula is C18H18N4O2. The van der Waals surface area contributed by atoms with Gasteiger partial charge in [0.2, 0.25) is 11.9 Å². The first-order valence-electron chi connectivity index (χ1n) is 7.57. The number of ether oxygens (including phenoxy) is 1. The summed E-state index contributed by atoms with van der Waals surface area (Å²) in [5.41, 5.74) is 2.90. The molecule has 0 saturated heterocycles. The van der Waals surface area contributed by atoms with E-state index >= 15 is 0 Å². The Hall–Kier alpha value is -3.15. The molecule has 0 aliphatic heterocycles. The van der Waals surface area contributed by atoms with E-state index in [0.717, 1.165) is 11.1 Å². The van der Waals surface area contributed by atoms with Crippen molar-refractivity contribution in [2.45, 2.75) is 13.3 Å². The third kappa shape index (κ3) is 3.60. The van der Waals surface area contributed by atoms with Crippen LogP contribution in [0.3, 0.4) is 0 Å². The van der Waals surface area contributed by atoms with Gasteiger partial charge in [-0.2, -0.15) is 4.98 Å². The average molecular weight is 322 g/mol. The molecule has 0 unspecified atom stereocenters. The van der Waals surface area contributed by atoms with Gasteiger partial charge in [0.05, 0.1) is 13.5 Å². The topological polar surface area (TPSA) is 79.9 Å². The first-order chi connectivity index (χ1) is 11.7. The smallest absolute Gasteiger partial charge is 0.249 e. The second-order valence-corrected chi connectivity index (χ2v) is 5.41. The Morgan fingerprint density at radius 3 is 2.67 bits per heavy atom. The van der Waals surface area contributed by atoms with Gasteiger partial charge < -0.3 is 4.74 Å². The van der Waals surface area contributed by atoms with Crippen molar-refractivity contribution < 1.29 is 9.53 Å². The Bertz CT molecular complexity index is 840. The second-order valence-electron chi connectivity index (χ2n) is 5.41. The number of aromatic amines is 1. The van der Waals surface area contributed by atoms with Crippen LogP contribution in [0.15, 0.2) is 48.5 Å². The Morgan fingerprint density at radius 2 is 1.92 bits per heavy atom. The fourth-order valence-electron chi connectivity index (χ4n) is 2.35. The molecule has 0 spiro atoms. The van der Waals surface area contributed by atoms with E-state index in [1.165, 1.54) is 5.56 Å². The number of methoxy groups -OCH3 is 1. The zero-order chi connectivity index (χ0) is 16.9. The van der Waals surface area contributed by atoms with Gasteiger partial charge >= 0.3 is 0 Å². The lowest BCUT2D eigenvalue weighted by atomic mass is 10.1. The van der Waals surface area contributed by atoms with E-state index in [0.29, 0.717) is 11.6 Å². The highest BCUT2D eigenvalue weighted by Gasteiger charge is 2.11. The number of H-pyrrole nitrogens is 1. The Kier molecular flexibility index (Phi) is 4.56. The number of nitrogens with zero attached hydrogens (tertiary/aromatic N) is 2. The number of hydrogen-bond donors (Lipinski definition) is 2. The van der Waals surface area contributed by atoms with Crippen LogP contribution in [0.25, 0.3) is 11.4 Å². The maximum Gasteiger partial charge on any atom is 0.249 e. The molecule has 2 aromatic carbocycles. The van der Waals surface area contributed by atoms with Crippen LogP contribution in [-0.4, -0.2) is 28.2 Å². The lowest BCUT2D eigenvalue weighted by molar-refractivity contribution is -0.115. The molecule has 24 heavy (non-hydrogen) atoms. The van der Waals surface area contributed by atoms with E-state index in [1.54, 1.807) is 7.11 Å².